The van der Waals surface area contributed by atoms with Gasteiger partial charge in [-0.1, -0.05) is 29.3 Å². The Bertz CT molecular complexity index is 775. The van der Waals surface area contributed by atoms with Gasteiger partial charge in [-0.05, 0) is 25.1 Å². The Hall–Kier alpha value is -1.79. The maximum atomic E-state index is 12.8. The van der Waals surface area contributed by atoms with E-state index in [9.17, 15) is 8.42 Å². The monoisotopic (exact) mass is 324 g/mol. The van der Waals surface area contributed by atoms with Crippen LogP contribution < -0.4 is 9.04 Å². The highest BCUT2D eigenvalue weighted by Gasteiger charge is 2.32. The molecular weight excluding hydrogens is 312 g/mol. The summed E-state index contributed by atoms with van der Waals surface area (Å²) in [5.74, 6) is 0.537. The fraction of sp³-hybridized carbons (Fsp3) is 0.214. The third-order valence-electron chi connectivity index (χ3n) is 3.22. The van der Waals surface area contributed by atoms with Crippen LogP contribution >= 0.6 is 11.6 Å². The van der Waals surface area contributed by atoms with Crippen molar-refractivity contribution in [2.24, 2.45) is 0 Å². The summed E-state index contributed by atoms with van der Waals surface area (Å²) in [5.41, 5.74) is 0.998. The summed E-state index contributed by atoms with van der Waals surface area (Å²) in [7, 11) is -3.68. The Kier molecular flexibility index (Phi) is 3.51. The van der Waals surface area contributed by atoms with Crippen molar-refractivity contribution in [2.45, 2.75) is 11.8 Å². The molecule has 0 bridgehead atoms. The molecule has 1 aliphatic heterocycles. The van der Waals surface area contributed by atoms with E-state index in [1.165, 1.54) is 10.5 Å². The third kappa shape index (κ3) is 2.45. The molecule has 0 aliphatic carbocycles. The molecule has 0 atom stereocenters. The van der Waals surface area contributed by atoms with Crippen molar-refractivity contribution in [1.82, 2.24) is 4.98 Å². The number of aryl methyl sites for hydroxylation is 1. The maximum absolute atomic E-state index is 12.8. The summed E-state index contributed by atoms with van der Waals surface area (Å²) in [6.07, 6.45) is 1.47. The summed E-state index contributed by atoms with van der Waals surface area (Å²) in [4.78, 5) is 4.33. The van der Waals surface area contributed by atoms with E-state index in [1.54, 1.807) is 30.3 Å². The molecule has 2 aromatic rings. The fourth-order valence-corrected chi connectivity index (χ4v) is 3.74. The lowest BCUT2D eigenvalue weighted by Gasteiger charge is -2.29. The molecule has 21 heavy (non-hydrogen) atoms. The molecule has 1 aromatic carbocycles. The summed E-state index contributed by atoms with van der Waals surface area (Å²) < 4.78 is 32.2. The zero-order valence-electron chi connectivity index (χ0n) is 11.3. The largest absolute Gasteiger partial charge is 0.486 e. The Morgan fingerprint density at radius 1 is 1.24 bits per heavy atom. The minimum absolute atomic E-state index is 0.205. The first-order valence-corrected chi connectivity index (χ1v) is 8.18. The molecule has 0 radical (unpaired) electrons. The number of pyridine rings is 1. The number of nitrogens with zero attached hydrogens (tertiary/aromatic N) is 2. The summed E-state index contributed by atoms with van der Waals surface area (Å²) >= 11 is 6.04. The van der Waals surface area contributed by atoms with E-state index in [2.05, 4.69) is 4.98 Å². The Balaban J connectivity index is 2.10. The van der Waals surface area contributed by atoms with Crippen LogP contribution in [0, 0.1) is 6.92 Å². The van der Waals surface area contributed by atoms with E-state index >= 15 is 0 Å². The lowest BCUT2D eigenvalue weighted by molar-refractivity contribution is 0.314. The molecule has 0 saturated heterocycles. The van der Waals surface area contributed by atoms with Crippen molar-refractivity contribution in [3.05, 3.63) is 47.1 Å². The number of benzene rings is 1. The first-order valence-electron chi connectivity index (χ1n) is 6.37. The Morgan fingerprint density at radius 2 is 1.95 bits per heavy atom. The smallest absolute Gasteiger partial charge is 0.265 e. The standard InChI is InChI=1S/C14H13ClN2O3S/c1-10-2-4-11(5-3-10)21(18,19)17-8-9-20-13-12(15)6-7-16-14(13)17/h2-7H,8-9H2,1H3. The van der Waals surface area contributed by atoms with E-state index in [-0.39, 0.29) is 23.9 Å². The van der Waals surface area contributed by atoms with Crippen LogP contribution in [0.1, 0.15) is 5.56 Å². The lowest BCUT2D eigenvalue weighted by Crippen LogP contribution is -2.38. The number of anilines is 1. The number of rotatable bonds is 2. The molecule has 0 unspecified atom stereocenters. The topological polar surface area (TPSA) is 59.5 Å². The average molecular weight is 325 g/mol. The Morgan fingerprint density at radius 3 is 2.67 bits per heavy atom. The first kappa shape index (κ1) is 14.2. The number of sulfonamides is 1. The molecule has 0 N–H and O–H groups in total. The average Bonchev–Trinajstić information content (AvgIpc) is 2.47. The number of ether oxygens (including phenoxy) is 1. The van der Waals surface area contributed by atoms with Gasteiger partial charge < -0.3 is 4.74 Å². The second-order valence-corrected chi connectivity index (χ2v) is 6.95. The zero-order chi connectivity index (χ0) is 15.0. The molecule has 5 nitrogen and oxygen atoms in total. The van der Waals surface area contributed by atoms with E-state index in [0.717, 1.165) is 5.56 Å². The van der Waals surface area contributed by atoms with Crippen LogP contribution in [0.3, 0.4) is 0 Å². The summed E-state index contributed by atoms with van der Waals surface area (Å²) in [6, 6.07) is 8.27. The Labute approximate surface area is 128 Å². The van der Waals surface area contributed by atoms with Gasteiger partial charge in [-0.3, -0.25) is 0 Å². The van der Waals surface area contributed by atoms with Crippen molar-refractivity contribution < 1.29 is 13.2 Å². The fourth-order valence-electron chi connectivity index (χ4n) is 2.13. The molecule has 0 amide bonds. The van der Waals surface area contributed by atoms with E-state index in [1.807, 2.05) is 6.92 Å². The van der Waals surface area contributed by atoms with E-state index in [4.69, 9.17) is 16.3 Å². The lowest BCUT2D eigenvalue weighted by atomic mass is 10.2. The van der Waals surface area contributed by atoms with Gasteiger partial charge in [0.15, 0.2) is 11.6 Å². The van der Waals surface area contributed by atoms with Crippen molar-refractivity contribution >= 4 is 27.4 Å². The molecule has 110 valence electrons. The van der Waals surface area contributed by atoms with E-state index in [0.29, 0.717) is 10.8 Å². The van der Waals surface area contributed by atoms with E-state index < -0.39 is 10.0 Å². The normalized spacial score (nSPS) is 14.5. The van der Waals surface area contributed by atoms with Gasteiger partial charge in [0, 0.05) is 6.20 Å². The number of halogens is 1. The molecule has 1 aromatic heterocycles. The van der Waals surface area contributed by atoms with Crippen LogP contribution in [0.5, 0.6) is 5.75 Å². The summed E-state index contributed by atoms with van der Waals surface area (Å²) in [6.45, 7) is 2.35. The zero-order valence-corrected chi connectivity index (χ0v) is 12.9. The van der Waals surface area contributed by atoms with Crippen molar-refractivity contribution in [3.8, 4) is 5.75 Å². The van der Waals surface area contributed by atoms with Gasteiger partial charge in [0.05, 0.1) is 16.5 Å². The number of aromatic nitrogens is 1. The van der Waals surface area contributed by atoms with Crippen LogP contribution in [0.2, 0.25) is 5.02 Å². The molecule has 2 heterocycles. The minimum Gasteiger partial charge on any atom is -0.486 e. The van der Waals surface area contributed by atoms with Gasteiger partial charge in [0.2, 0.25) is 0 Å². The van der Waals surface area contributed by atoms with Crippen LogP contribution in [-0.4, -0.2) is 26.6 Å². The van der Waals surface area contributed by atoms with Crippen LogP contribution in [0.4, 0.5) is 5.82 Å². The van der Waals surface area contributed by atoms with Gasteiger partial charge in [0.1, 0.15) is 6.61 Å². The minimum atomic E-state index is -3.68. The van der Waals surface area contributed by atoms with Crippen molar-refractivity contribution in [1.29, 1.82) is 0 Å². The van der Waals surface area contributed by atoms with Crippen LogP contribution in [0.25, 0.3) is 0 Å². The number of hydrogen-bond donors (Lipinski definition) is 0. The molecule has 1 aliphatic rings. The van der Waals surface area contributed by atoms with Gasteiger partial charge in [0.25, 0.3) is 10.0 Å². The first-order chi connectivity index (χ1) is 10.00. The molecule has 0 saturated carbocycles. The van der Waals surface area contributed by atoms with Crippen LogP contribution in [-0.2, 0) is 10.0 Å². The molecule has 7 heteroatoms. The predicted octanol–water partition coefficient (Wildman–Crippen LogP) is 2.63. The van der Waals surface area contributed by atoms with Crippen molar-refractivity contribution in [3.63, 3.8) is 0 Å². The van der Waals surface area contributed by atoms with Gasteiger partial charge in [-0.25, -0.2) is 17.7 Å². The highest BCUT2D eigenvalue weighted by molar-refractivity contribution is 7.92. The highest BCUT2D eigenvalue weighted by Crippen LogP contribution is 2.38. The predicted molar refractivity (Wildman–Crippen MR) is 80.5 cm³/mol. The molecule has 0 fully saturated rings. The van der Waals surface area contributed by atoms with Crippen molar-refractivity contribution in [2.75, 3.05) is 17.5 Å². The summed E-state index contributed by atoms with van der Waals surface area (Å²) in [5, 5.41) is 0.351. The second kappa shape index (κ2) is 5.20. The van der Waals surface area contributed by atoms with Crippen LogP contribution in [0.15, 0.2) is 41.4 Å². The van der Waals surface area contributed by atoms with Gasteiger partial charge >= 0.3 is 0 Å². The maximum Gasteiger partial charge on any atom is 0.265 e. The SMILES string of the molecule is Cc1ccc(S(=O)(=O)N2CCOc3c(Cl)ccnc32)cc1. The second-order valence-electron chi connectivity index (χ2n) is 4.68. The van der Waals surface area contributed by atoms with Gasteiger partial charge in [-0.2, -0.15) is 0 Å². The number of hydrogen-bond acceptors (Lipinski definition) is 4. The molecule has 0 spiro atoms. The quantitative estimate of drug-likeness (QED) is 0.852. The highest BCUT2D eigenvalue weighted by atomic mass is 35.5. The molecule has 3 rings (SSSR count). The molecular formula is C14H13ClN2O3S. The third-order valence-corrected chi connectivity index (χ3v) is 5.32. The number of fused-ring (bicyclic) bond motifs is 1. The van der Waals surface area contributed by atoms with Gasteiger partial charge in [-0.15, -0.1) is 0 Å².